The fourth-order valence-electron chi connectivity index (χ4n) is 3.85. The number of aromatic nitrogens is 2. The largest absolute Gasteiger partial charge is 0.351 e. The molecule has 3 aromatic rings. The molecule has 1 aliphatic rings. The van der Waals surface area contributed by atoms with Gasteiger partial charge in [0.2, 0.25) is 5.91 Å². The average molecular weight is 426 g/mol. The van der Waals surface area contributed by atoms with Gasteiger partial charge >= 0.3 is 0 Å². The lowest BCUT2D eigenvalue weighted by Crippen LogP contribution is -2.40. The van der Waals surface area contributed by atoms with E-state index in [1.807, 2.05) is 44.2 Å². The first-order chi connectivity index (χ1) is 14.2. The number of hydrogen-bond acceptors (Lipinski definition) is 5. The molecule has 1 amide bonds. The number of nitrogens with one attached hydrogen (secondary N) is 1. The van der Waals surface area contributed by atoms with E-state index in [1.54, 1.807) is 12.1 Å². The number of nitrogens with zero attached hydrogens (tertiary/aromatic N) is 2. The summed E-state index contributed by atoms with van der Waals surface area (Å²) in [7, 11) is -3.10. The molecule has 4 rings (SSSR count). The Hall–Kier alpha value is -3.00. The Labute approximate surface area is 174 Å². The van der Waals surface area contributed by atoms with Gasteiger partial charge in [-0.05, 0) is 38.0 Å². The van der Waals surface area contributed by atoms with E-state index in [0.717, 1.165) is 26.8 Å². The Morgan fingerprint density at radius 1 is 1.17 bits per heavy atom. The number of rotatable bonds is 4. The van der Waals surface area contributed by atoms with Gasteiger partial charge in [0.05, 0.1) is 22.6 Å². The van der Waals surface area contributed by atoms with Crippen LogP contribution < -0.4 is 10.9 Å². The van der Waals surface area contributed by atoms with Gasteiger partial charge in [-0.2, -0.15) is 5.10 Å². The molecule has 1 saturated heterocycles. The predicted octanol–water partition coefficient (Wildman–Crippen LogP) is 1.98. The van der Waals surface area contributed by atoms with Crippen molar-refractivity contribution in [1.29, 1.82) is 0 Å². The van der Waals surface area contributed by atoms with Crippen LogP contribution in [0.3, 0.4) is 0 Å². The second kappa shape index (κ2) is 7.68. The van der Waals surface area contributed by atoms with Crippen LogP contribution in [-0.4, -0.2) is 41.7 Å². The number of amides is 1. The van der Waals surface area contributed by atoms with Crippen LogP contribution >= 0.6 is 0 Å². The molecule has 1 fully saturated rings. The summed E-state index contributed by atoms with van der Waals surface area (Å²) in [6.45, 7) is 3.70. The van der Waals surface area contributed by atoms with Gasteiger partial charge in [0.25, 0.3) is 5.56 Å². The van der Waals surface area contributed by atoms with Gasteiger partial charge in [-0.15, -0.1) is 0 Å². The molecule has 30 heavy (non-hydrogen) atoms. The Morgan fingerprint density at radius 2 is 1.90 bits per heavy atom. The van der Waals surface area contributed by atoms with Crippen LogP contribution in [0.15, 0.2) is 47.3 Å². The molecule has 2 aromatic carbocycles. The van der Waals surface area contributed by atoms with Crippen LogP contribution in [0.5, 0.6) is 0 Å². The summed E-state index contributed by atoms with van der Waals surface area (Å²) < 4.78 is 24.4. The Bertz CT molecular complexity index is 1310. The normalized spacial score (nSPS) is 17.9. The van der Waals surface area contributed by atoms with Gasteiger partial charge < -0.3 is 5.32 Å². The van der Waals surface area contributed by atoms with Crippen LogP contribution in [0.4, 0.5) is 0 Å². The summed E-state index contributed by atoms with van der Waals surface area (Å²) in [5.74, 6) is -0.413. The summed E-state index contributed by atoms with van der Waals surface area (Å²) in [5, 5.41) is 8.48. The van der Waals surface area contributed by atoms with Crippen molar-refractivity contribution in [2.45, 2.75) is 32.9 Å². The number of carbonyl (C=O) groups is 1. The van der Waals surface area contributed by atoms with Crippen molar-refractivity contribution >= 4 is 26.5 Å². The van der Waals surface area contributed by atoms with Crippen LogP contribution in [-0.2, 0) is 21.2 Å². The SMILES string of the molecule is Cc1ccc(C)c(-c2nn(CC(=O)N[C@H]3CCS(=O)(=O)C3)c(=O)c3ccccc23)c1. The minimum Gasteiger partial charge on any atom is -0.351 e. The van der Waals surface area contributed by atoms with Gasteiger partial charge in [0.1, 0.15) is 6.54 Å². The average Bonchev–Trinajstić information content (AvgIpc) is 3.04. The second-order valence-electron chi connectivity index (χ2n) is 7.84. The van der Waals surface area contributed by atoms with Crippen molar-refractivity contribution in [3.8, 4) is 11.3 Å². The quantitative estimate of drug-likeness (QED) is 0.689. The highest BCUT2D eigenvalue weighted by Crippen LogP contribution is 2.28. The molecule has 0 unspecified atom stereocenters. The third-order valence-electron chi connectivity index (χ3n) is 5.41. The fourth-order valence-corrected chi connectivity index (χ4v) is 5.52. The fraction of sp³-hybridized carbons (Fsp3) is 0.318. The lowest BCUT2D eigenvalue weighted by atomic mass is 9.99. The molecular weight excluding hydrogens is 402 g/mol. The summed E-state index contributed by atoms with van der Waals surface area (Å²) in [5.41, 5.74) is 3.28. The highest BCUT2D eigenvalue weighted by Gasteiger charge is 2.29. The third kappa shape index (κ3) is 4.00. The molecule has 1 aliphatic heterocycles. The number of benzene rings is 2. The smallest absolute Gasteiger partial charge is 0.275 e. The molecular formula is C22H23N3O4S. The maximum atomic E-state index is 13.0. The van der Waals surface area contributed by atoms with Crippen LogP contribution in [0.2, 0.25) is 0 Å². The lowest BCUT2D eigenvalue weighted by molar-refractivity contribution is -0.122. The number of carbonyl (C=O) groups excluding carboxylic acids is 1. The number of sulfone groups is 1. The molecule has 2 heterocycles. The van der Waals surface area contributed by atoms with E-state index in [4.69, 9.17) is 0 Å². The van der Waals surface area contributed by atoms with Crippen molar-refractivity contribution in [2.24, 2.45) is 0 Å². The minimum absolute atomic E-state index is 0.0630. The van der Waals surface area contributed by atoms with E-state index in [0.29, 0.717) is 17.5 Å². The van der Waals surface area contributed by atoms with Crippen molar-refractivity contribution in [3.05, 3.63) is 63.9 Å². The van der Waals surface area contributed by atoms with Crippen molar-refractivity contribution in [3.63, 3.8) is 0 Å². The van der Waals surface area contributed by atoms with Gasteiger partial charge in [0, 0.05) is 17.0 Å². The molecule has 1 N–H and O–H groups in total. The van der Waals surface area contributed by atoms with Crippen molar-refractivity contribution < 1.29 is 13.2 Å². The van der Waals surface area contributed by atoms with Crippen molar-refractivity contribution in [2.75, 3.05) is 11.5 Å². The maximum absolute atomic E-state index is 13.0. The van der Waals surface area contributed by atoms with Gasteiger partial charge in [-0.25, -0.2) is 13.1 Å². The first kappa shape index (κ1) is 20.3. The first-order valence-corrected chi connectivity index (χ1v) is 11.6. The van der Waals surface area contributed by atoms with Gasteiger partial charge in [-0.3, -0.25) is 9.59 Å². The topological polar surface area (TPSA) is 98.1 Å². The van der Waals surface area contributed by atoms with E-state index in [1.165, 1.54) is 0 Å². The molecule has 156 valence electrons. The zero-order valence-electron chi connectivity index (χ0n) is 16.9. The highest BCUT2D eigenvalue weighted by atomic mass is 32.2. The van der Waals surface area contributed by atoms with Gasteiger partial charge in [0.15, 0.2) is 9.84 Å². The molecule has 0 radical (unpaired) electrons. The van der Waals surface area contributed by atoms with E-state index >= 15 is 0 Å². The second-order valence-corrected chi connectivity index (χ2v) is 10.1. The molecule has 1 atom stereocenters. The van der Waals surface area contributed by atoms with E-state index < -0.39 is 21.8 Å². The monoisotopic (exact) mass is 425 g/mol. The molecule has 7 nitrogen and oxygen atoms in total. The molecule has 0 spiro atoms. The predicted molar refractivity (Wildman–Crippen MR) is 116 cm³/mol. The third-order valence-corrected chi connectivity index (χ3v) is 7.17. The van der Waals surface area contributed by atoms with E-state index in [-0.39, 0.29) is 23.6 Å². The first-order valence-electron chi connectivity index (χ1n) is 9.81. The zero-order chi connectivity index (χ0) is 21.5. The Balaban J connectivity index is 1.74. The van der Waals surface area contributed by atoms with E-state index in [2.05, 4.69) is 10.4 Å². The summed E-state index contributed by atoms with van der Waals surface area (Å²) in [6.07, 6.45) is 0.391. The van der Waals surface area contributed by atoms with Crippen LogP contribution in [0.25, 0.3) is 22.0 Å². The maximum Gasteiger partial charge on any atom is 0.275 e. The number of aryl methyl sites for hydroxylation is 2. The summed E-state index contributed by atoms with van der Waals surface area (Å²) >= 11 is 0. The van der Waals surface area contributed by atoms with Crippen LogP contribution in [0, 0.1) is 13.8 Å². The van der Waals surface area contributed by atoms with Crippen molar-refractivity contribution in [1.82, 2.24) is 15.1 Å². The van der Waals surface area contributed by atoms with E-state index in [9.17, 15) is 18.0 Å². The lowest BCUT2D eigenvalue weighted by Gasteiger charge is -2.15. The molecule has 0 bridgehead atoms. The number of fused-ring (bicyclic) bond motifs is 1. The standard InChI is InChI=1S/C22H23N3O4S/c1-14-7-8-15(2)19(11-14)21-17-5-3-4-6-18(17)22(27)25(24-21)12-20(26)23-16-9-10-30(28,29)13-16/h3-8,11,16H,9-10,12-13H2,1-2H3,(H,23,26)/t16-/m0/s1. The molecule has 1 aromatic heterocycles. The zero-order valence-corrected chi connectivity index (χ0v) is 17.7. The molecule has 0 aliphatic carbocycles. The van der Waals surface area contributed by atoms with Gasteiger partial charge in [-0.1, -0.05) is 35.9 Å². The Morgan fingerprint density at radius 3 is 2.60 bits per heavy atom. The number of hydrogen-bond donors (Lipinski definition) is 1. The molecule has 0 saturated carbocycles. The summed E-state index contributed by atoms with van der Waals surface area (Å²) in [4.78, 5) is 25.5. The Kier molecular flexibility index (Phi) is 5.19. The highest BCUT2D eigenvalue weighted by molar-refractivity contribution is 7.91. The molecule has 8 heteroatoms. The summed E-state index contributed by atoms with van der Waals surface area (Å²) in [6, 6.07) is 12.8. The van der Waals surface area contributed by atoms with Crippen LogP contribution in [0.1, 0.15) is 17.5 Å². The minimum atomic E-state index is -3.10.